The first kappa shape index (κ1) is 9.81. The van der Waals surface area contributed by atoms with E-state index < -0.39 is 0 Å². The van der Waals surface area contributed by atoms with Crippen molar-refractivity contribution in [3.8, 4) is 0 Å². The lowest BCUT2D eigenvalue weighted by molar-refractivity contribution is 1.53. The molecule has 0 spiro atoms. The molecule has 0 bridgehead atoms. The molecule has 1 heteroatoms. The van der Waals surface area contributed by atoms with Crippen molar-refractivity contribution in [2.75, 3.05) is 0 Å². The molecular formula is C15H13P. The molecule has 0 nitrogen and oxygen atoms in total. The average molecular weight is 224 g/mol. The van der Waals surface area contributed by atoms with Crippen LogP contribution in [0, 0.1) is 0 Å². The van der Waals surface area contributed by atoms with Crippen LogP contribution in [0.2, 0.25) is 0 Å². The maximum atomic E-state index is 2.31. The quantitative estimate of drug-likeness (QED) is 0.619. The molecule has 0 saturated heterocycles. The van der Waals surface area contributed by atoms with Crippen molar-refractivity contribution in [3.63, 3.8) is 0 Å². The van der Waals surface area contributed by atoms with E-state index in [9.17, 15) is 0 Å². The lowest BCUT2D eigenvalue weighted by Crippen LogP contribution is -1.92. The Labute approximate surface area is 97.8 Å². The molecule has 1 aromatic carbocycles. The number of fused-ring (bicyclic) bond motifs is 1. The van der Waals surface area contributed by atoms with Gasteiger partial charge < -0.3 is 0 Å². The predicted octanol–water partition coefficient (Wildman–Crippen LogP) is 4.44. The van der Waals surface area contributed by atoms with E-state index in [-0.39, 0.29) is 0 Å². The first-order valence-electron chi connectivity index (χ1n) is 5.51. The highest BCUT2D eigenvalue weighted by Gasteiger charge is 2.23. The van der Waals surface area contributed by atoms with Crippen LogP contribution in [0.3, 0.4) is 0 Å². The molecule has 0 amide bonds. The Hall–Kier alpha value is -1.39. The molecule has 78 valence electrons. The summed E-state index contributed by atoms with van der Waals surface area (Å²) in [6.07, 6.45) is 4.61. The molecule has 1 aromatic rings. The van der Waals surface area contributed by atoms with Crippen LogP contribution in [0.5, 0.6) is 0 Å². The van der Waals surface area contributed by atoms with Crippen LogP contribution in [0.4, 0.5) is 0 Å². The van der Waals surface area contributed by atoms with Crippen LogP contribution >= 0.6 is 8.20 Å². The van der Waals surface area contributed by atoms with Gasteiger partial charge in [-0.25, -0.2) is 0 Å². The van der Waals surface area contributed by atoms with Gasteiger partial charge in [0.15, 0.2) is 0 Å². The fraction of sp³-hybridized carbons (Fsp3) is 0.133. The second kappa shape index (κ2) is 3.57. The second-order valence-corrected chi connectivity index (χ2v) is 5.65. The van der Waals surface area contributed by atoms with Crippen molar-refractivity contribution in [2.24, 2.45) is 0 Å². The molecule has 1 aliphatic heterocycles. The fourth-order valence-electron chi connectivity index (χ4n) is 2.33. The summed E-state index contributed by atoms with van der Waals surface area (Å²) in [6, 6.07) is 10.7. The van der Waals surface area contributed by atoms with E-state index in [0.717, 1.165) is 0 Å². The minimum absolute atomic E-state index is 1.34. The molecule has 3 rings (SSSR count). The van der Waals surface area contributed by atoms with Crippen molar-refractivity contribution < 1.29 is 0 Å². The largest absolute Gasteiger partial charge is 0.0639 e. The Morgan fingerprint density at radius 3 is 2.44 bits per heavy atom. The molecule has 0 unspecified atom stereocenters. The van der Waals surface area contributed by atoms with Crippen molar-refractivity contribution in [3.05, 3.63) is 64.5 Å². The van der Waals surface area contributed by atoms with Gasteiger partial charge in [-0.05, 0) is 47.5 Å². The fourth-order valence-corrected chi connectivity index (χ4v) is 3.62. The summed E-state index contributed by atoms with van der Waals surface area (Å²) >= 11 is 0. The molecule has 16 heavy (non-hydrogen) atoms. The Morgan fingerprint density at radius 1 is 0.938 bits per heavy atom. The number of allylic oxidation sites excluding steroid dienone is 6. The average Bonchev–Trinajstić information content (AvgIpc) is 2.74. The van der Waals surface area contributed by atoms with E-state index in [1.165, 1.54) is 41.1 Å². The summed E-state index contributed by atoms with van der Waals surface area (Å²) in [7, 11) is 1.38. The molecule has 0 radical (unpaired) electrons. The lowest BCUT2D eigenvalue weighted by Gasteiger charge is -2.06. The number of hydrogen-bond donors (Lipinski definition) is 0. The third-order valence-electron chi connectivity index (χ3n) is 2.99. The lowest BCUT2D eigenvalue weighted by atomic mass is 9.97. The topological polar surface area (TPSA) is 0 Å². The summed E-state index contributed by atoms with van der Waals surface area (Å²) in [5.41, 5.74) is 5.59. The van der Waals surface area contributed by atoms with Gasteiger partial charge in [-0.3, -0.25) is 0 Å². The Balaban J connectivity index is 2.12. The summed E-state index contributed by atoms with van der Waals surface area (Å²) < 4.78 is 0. The van der Waals surface area contributed by atoms with Gasteiger partial charge in [0.1, 0.15) is 0 Å². The zero-order valence-electron chi connectivity index (χ0n) is 9.49. The summed E-state index contributed by atoms with van der Waals surface area (Å²) in [6.45, 7) is 4.41. The monoisotopic (exact) mass is 224 g/mol. The summed E-state index contributed by atoms with van der Waals surface area (Å²) in [5.74, 6) is 0. The zero-order valence-corrected chi connectivity index (χ0v) is 10.4. The molecule has 1 aliphatic carbocycles. The highest BCUT2D eigenvalue weighted by molar-refractivity contribution is 7.48. The van der Waals surface area contributed by atoms with Crippen LogP contribution in [-0.4, -0.2) is 5.29 Å². The molecule has 0 fully saturated rings. The van der Waals surface area contributed by atoms with E-state index in [1.54, 1.807) is 0 Å². The third-order valence-corrected chi connectivity index (χ3v) is 4.16. The molecule has 0 N–H and O–H groups in total. The van der Waals surface area contributed by atoms with E-state index in [2.05, 4.69) is 56.3 Å². The first-order valence-corrected chi connectivity index (χ1v) is 6.41. The van der Waals surface area contributed by atoms with Crippen LogP contribution < -0.4 is 0 Å². The maximum absolute atomic E-state index is 2.31. The second-order valence-electron chi connectivity index (χ2n) is 4.27. The van der Waals surface area contributed by atoms with Gasteiger partial charge in [-0.2, -0.15) is 0 Å². The molecule has 0 atom stereocenters. The zero-order chi connectivity index (χ0) is 11.1. The van der Waals surface area contributed by atoms with E-state index in [4.69, 9.17) is 0 Å². The maximum Gasteiger partial charge on any atom is 0.0102 e. The van der Waals surface area contributed by atoms with Crippen LogP contribution in [0.15, 0.2) is 58.9 Å². The normalized spacial score (nSPS) is 19.2. The van der Waals surface area contributed by atoms with Gasteiger partial charge >= 0.3 is 0 Å². The Morgan fingerprint density at radius 2 is 1.69 bits per heavy atom. The van der Waals surface area contributed by atoms with Gasteiger partial charge in [-0.15, -0.1) is 0 Å². The van der Waals surface area contributed by atoms with Crippen molar-refractivity contribution in [1.29, 1.82) is 0 Å². The number of rotatable bonds is 1. The number of benzene rings is 1. The Bertz CT molecular complexity index is 569. The van der Waals surface area contributed by atoms with Gasteiger partial charge in [0.25, 0.3) is 0 Å². The van der Waals surface area contributed by atoms with Crippen LogP contribution in [0.1, 0.15) is 19.4 Å². The SMILES string of the molecule is CC1=CC2=PC(C)=C(c3ccccc3)C2=C1. The van der Waals surface area contributed by atoms with E-state index in [0.29, 0.717) is 0 Å². The molecule has 0 aromatic heterocycles. The molecular weight excluding hydrogens is 211 g/mol. The first-order chi connectivity index (χ1) is 7.75. The highest BCUT2D eigenvalue weighted by atomic mass is 31.1. The number of hydrogen-bond acceptors (Lipinski definition) is 0. The van der Waals surface area contributed by atoms with Gasteiger partial charge in [-0.1, -0.05) is 44.6 Å². The highest BCUT2D eigenvalue weighted by Crippen LogP contribution is 2.44. The van der Waals surface area contributed by atoms with Crippen molar-refractivity contribution in [1.82, 2.24) is 0 Å². The van der Waals surface area contributed by atoms with Gasteiger partial charge in [0.2, 0.25) is 0 Å². The standard InChI is InChI=1S/C15H13P/c1-10-8-13-14(9-10)16-11(2)15(13)12-6-4-3-5-7-12/h3-9H,1-2H3. The molecule has 2 aliphatic rings. The Kier molecular flexibility index (Phi) is 2.19. The van der Waals surface area contributed by atoms with E-state index in [1.807, 2.05) is 0 Å². The smallest absolute Gasteiger partial charge is 0.0102 e. The summed E-state index contributed by atoms with van der Waals surface area (Å²) in [4.78, 5) is 0. The third kappa shape index (κ3) is 1.42. The molecule has 1 heterocycles. The molecule has 0 saturated carbocycles. The predicted molar refractivity (Wildman–Crippen MR) is 72.8 cm³/mol. The van der Waals surface area contributed by atoms with Crippen LogP contribution in [-0.2, 0) is 0 Å². The van der Waals surface area contributed by atoms with Crippen LogP contribution in [0.25, 0.3) is 5.57 Å². The van der Waals surface area contributed by atoms with E-state index >= 15 is 0 Å². The minimum Gasteiger partial charge on any atom is -0.0639 e. The minimum atomic E-state index is 1.34. The van der Waals surface area contributed by atoms with Crippen molar-refractivity contribution in [2.45, 2.75) is 13.8 Å². The summed E-state index contributed by atoms with van der Waals surface area (Å²) in [5, 5.41) is 2.94. The van der Waals surface area contributed by atoms with Gasteiger partial charge in [0.05, 0.1) is 0 Å². The van der Waals surface area contributed by atoms with Gasteiger partial charge in [0, 0.05) is 5.29 Å². The van der Waals surface area contributed by atoms with Crippen molar-refractivity contribution >= 4 is 19.1 Å².